The molecule has 1 unspecified atom stereocenters. The number of hydrogen-bond acceptors (Lipinski definition) is 5. The number of aromatic hydroxyl groups is 1. The third-order valence-corrected chi connectivity index (χ3v) is 8.03. The van der Waals surface area contributed by atoms with Crippen LogP contribution in [0.3, 0.4) is 0 Å². The number of likely N-dealkylation sites (N-methyl/N-ethyl adjacent to an activating group) is 1. The van der Waals surface area contributed by atoms with Gasteiger partial charge in [0.1, 0.15) is 11.9 Å². The molecule has 6 heteroatoms. The molecule has 2 heterocycles. The van der Waals surface area contributed by atoms with Crippen molar-refractivity contribution in [2.45, 2.75) is 42.9 Å². The molecule has 2 aliphatic heterocycles. The topological polar surface area (TPSA) is 71.0 Å². The van der Waals surface area contributed by atoms with Crippen LogP contribution >= 0.6 is 0 Å². The summed E-state index contributed by atoms with van der Waals surface area (Å²) >= 11 is 0. The lowest BCUT2D eigenvalue weighted by molar-refractivity contribution is -0.122. The summed E-state index contributed by atoms with van der Waals surface area (Å²) in [4.78, 5) is 15.4. The Morgan fingerprint density at radius 3 is 2.84 bits per heavy atom. The van der Waals surface area contributed by atoms with Gasteiger partial charge in [-0.1, -0.05) is 30.4 Å². The first-order valence-electron chi connectivity index (χ1n) is 11.3. The number of phenols is 1. The van der Waals surface area contributed by atoms with Gasteiger partial charge in [0.2, 0.25) is 5.91 Å². The van der Waals surface area contributed by atoms with Gasteiger partial charge in [0.25, 0.3) is 0 Å². The first-order chi connectivity index (χ1) is 15.5. The minimum Gasteiger partial charge on any atom is -0.504 e. The second-order valence-electron chi connectivity index (χ2n) is 9.56. The van der Waals surface area contributed by atoms with Gasteiger partial charge in [0, 0.05) is 22.9 Å². The number of carbonyl (C=O) groups is 1. The van der Waals surface area contributed by atoms with Crippen LogP contribution in [-0.4, -0.2) is 54.8 Å². The maximum Gasteiger partial charge on any atom is 0.225 e. The largest absolute Gasteiger partial charge is 0.504 e. The monoisotopic (exact) mass is 432 g/mol. The molecular weight excluding hydrogens is 404 g/mol. The van der Waals surface area contributed by atoms with E-state index in [2.05, 4.69) is 35.5 Å². The number of nitrogens with one attached hydrogen (secondary N) is 1. The van der Waals surface area contributed by atoms with Gasteiger partial charge < -0.3 is 24.8 Å². The molecular formula is C26H28N2O4. The Morgan fingerprint density at radius 2 is 2.06 bits per heavy atom. The number of likely N-dealkylation sites (tertiary alicyclic amines) is 1. The van der Waals surface area contributed by atoms with Gasteiger partial charge in [-0.25, -0.2) is 0 Å². The van der Waals surface area contributed by atoms with E-state index in [1.165, 1.54) is 11.1 Å². The van der Waals surface area contributed by atoms with Crippen molar-refractivity contribution >= 4 is 5.91 Å². The van der Waals surface area contributed by atoms with Gasteiger partial charge in [-0.05, 0) is 55.8 Å². The zero-order valence-corrected chi connectivity index (χ0v) is 18.4. The van der Waals surface area contributed by atoms with Crippen LogP contribution in [0.1, 0.15) is 23.1 Å². The Balaban J connectivity index is 1.32. The van der Waals surface area contributed by atoms with Gasteiger partial charge in [0.15, 0.2) is 11.5 Å². The molecule has 0 saturated carbocycles. The number of ether oxygens (including phenoxy) is 2. The quantitative estimate of drug-likeness (QED) is 0.727. The number of piperidine rings is 1. The second-order valence-corrected chi connectivity index (χ2v) is 9.56. The summed E-state index contributed by atoms with van der Waals surface area (Å²) in [5.74, 6) is 1.88. The summed E-state index contributed by atoms with van der Waals surface area (Å²) in [6.07, 6.45) is 6.40. The zero-order valence-electron chi connectivity index (χ0n) is 18.4. The molecule has 32 heavy (non-hydrogen) atoms. The average Bonchev–Trinajstić information content (AvgIpc) is 3.15. The van der Waals surface area contributed by atoms with Crippen LogP contribution in [0.15, 0.2) is 48.6 Å². The number of rotatable bonds is 4. The molecule has 2 aromatic carbocycles. The molecule has 2 aliphatic carbocycles. The summed E-state index contributed by atoms with van der Waals surface area (Å²) in [6, 6.07) is 11.5. The van der Waals surface area contributed by atoms with E-state index in [0.717, 1.165) is 30.7 Å². The normalized spacial score (nSPS) is 31.6. The molecule has 6 nitrogen and oxygen atoms in total. The van der Waals surface area contributed by atoms with Gasteiger partial charge in [-0.3, -0.25) is 4.79 Å². The molecule has 0 aromatic heterocycles. The first-order valence-corrected chi connectivity index (χ1v) is 11.3. The number of methoxy groups -OCH3 is 1. The lowest BCUT2D eigenvalue weighted by Crippen LogP contribution is -2.66. The van der Waals surface area contributed by atoms with Crippen molar-refractivity contribution < 1.29 is 19.4 Å². The molecule has 2 N–H and O–H groups in total. The molecule has 2 aromatic rings. The highest BCUT2D eigenvalue weighted by Crippen LogP contribution is 2.62. The molecule has 166 valence electrons. The fourth-order valence-corrected chi connectivity index (χ4v) is 6.55. The molecule has 1 spiro atoms. The third kappa shape index (κ3) is 2.65. The third-order valence-electron chi connectivity index (χ3n) is 8.03. The maximum atomic E-state index is 13.0. The molecule has 5 atom stereocenters. The number of benzene rings is 2. The number of phenolic OH excluding ortho intramolecular Hbond substituents is 1. The van der Waals surface area contributed by atoms with E-state index in [1.807, 2.05) is 24.3 Å². The van der Waals surface area contributed by atoms with Crippen molar-refractivity contribution in [3.8, 4) is 17.2 Å². The summed E-state index contributed by atoms with van der Waals surface area (Å²) in [5, 5.41) is 13.8. The van der Waals surface area contributed by atoms with Gasteiger partial charge in [-0.2, -0.15) is 0 Å². The summed E-state index contributed by atoms with van der Waals surface area (Å²) in [7, 11) is 3.83. The standard InChI is InChI=1S/C26H28N2O4/c1-28-12-11-26-18-8-9-19(27-22(30)13-15-3-6-17(31-2)7-4-15)25(26)32-24-21(29)10-5-16(23(24)26)14-20(18)28/h3-10,18-20,25,29H,11-14H2,1-2H3,(H,27,30)/t18?,19-,20-,25+,26+/m1/s1. The molecule has 1 amide bonds. The predicted octanol–water partition coefficient (Wildman–Crippen LogP) is 2.57. The highest BCUT2D eigenvalue weighted by molar-refractivity contribution is 5.79. The van der Waals surface area contributed by atoms with E-state index in [1.54, 1.807) is 13.2 Å². The molecule has 0 radical (unpaired) electrons. The summed E-state index contributed by atoms with van der Waals surface area (Å²) < 4.78 is 11.7. The number of carbonyl (C=O) groups excluding carboxylic acids is 1. The lowest BCUT2D eigenvalue weighted by Gasteiger charge is -2.57. The Hall–Kier alpha value is -2.99. The summed E-state index contributed by atoms with van der Waals surface area (Å²) in [5.41, 5.74) is 3.18. The average molecular weight is 433 g/mol. The number of hydrogen-bond donors (Lipinski definition) is 2. The van der Waals surface area contributed by atoms with Crippen molar-refractivity contribution in [2.24, 2.45) is 5.92 Å². The van der Waals surface area contributed by atoms with E-state index in [0.29, 0.717) is 24.1 Å². The molecule has 1 saturated heterocycles. The highest BCUT2D eigenvalue weighted by Gasteiger charge is 2.64. The number of amides is 1. The molecule has 2 bridgehead atoms. The van der Waals surface area contributed by atoms with E-state index >= 15 is 0 Å². The smallest absolute Gasteiger partial charge is 0.225 e. The molecule has 1 fully saturated rings. The molecule has 6 rings (SSSR count). The SMILES string of the molecule is COc1ccc(CC(=O)N[C@@H]2C=CC3[C@H]4Cc5ccc(O)c6c5[C@@]3(CCN4C)[C@H]2O6)cc1. The lowest BCUT2D eigenvalue weighted by atomic mass is 9.53. The first kappa shape index (κ1) is 19.7. The van der Waals surface area contributed by atoms with Crippen molar-refractivity contribution in [1.29, 1.82) is 0 Å². The van der Waals surface area contributed by atoms with Crippen molar-refractivity contribution in [2.75, 3.05) is 20.7 Å². The summed E-state index contributed by atoms with van der Waals surface area (Å²) in [6.45, 7) is 0.982. The Kier molecular flexibility index (Phi) is 4.31. The van der Waals surface area contributed by atoms with Crippen LogP contribution in [0.25, 0.3) is 0 Å². The predicted molar refractivity (Wildman–Crippen MR) is 120 cm³/mol. The second kappa shape index (κ2) is 7.01. The Morgan fingerprint density at radius 1 is 1.25 bits per heavy atom. The van der Waals surface area contributed by atoms with Gasteiger partial charge in [0.05, 0.1) is 19.6 Å². The van der Waals surface area contributed by atoms with Crippen LogP contribution < -0.4 is 14.8 Å². The molecule has 4 aliphatic rings. The van der Waals surface area contributed by atoms with E-state index in [9.17, 15) is 9.90 Å². The van der Waals surface area contributed by atoms with E-state index < -0.39 is 0 Å². The van der Waals surface area contributed by atoms with E-state index in [-0.39, 0.29) is 29.2 Å². The van der Waals surface area contributed by atoms with Crippen molar-refractivity contribution in [3.05, 3.63) is 65.2 Å². The van der Waals surface area contributed by atoms with Crippen molar-refractivity contribution in [1.82, 2.24) is 10.2 Å². The van der Waals surface area contributed by atoms with E-state index in [4.69, 9.17) is 9.47 Å². The minimum absolute atomic E-state index is 0.0380. The van der Waals surface area contributed by atoms with Crippen LogP contribution in [-0.2, 0) is 23.1 Å². The Labute approximate surface area is 187 Å². The van der Waals surface area contributed by atoms with Crippen LogP contribution in [0.4, 0.5) is 0 Å². The van der Waals surface area contributed by atoms with Gasteiger partial charge >= 0.3 is 0 Å². The number of nitrogens with zero attached hydrogens (tertiary/aromatic N) is 1. The highest BCUT2D eigenvalue weighted by atomic mass is 16.5. The van der Waals surface area contributed by atoms with Gasteiger partial charge in [-0.15, -0.1) is 0 Å². The van der Waals surface area contributed by atoms with Crippen LogP contribution in [0, 0.1) is 5.92 Å². The van der Waals surface area contributed by atoms with Crippen LogP contribution in [0.2, 0.25) is 0 Å². The fraction of sp³-hybridized carbons (Fsp3) is 0.423. The minimum atomic E-state index is -0.237. The maximum absolute atomic E-state index is 13.0. The Bertz CT molecular complexity index is 1110. The van der Waals surface area contributed by atoms with Crippen LogP contribution in [0.5, 0.6) is 17.2 Å². The zero-order chi connectivity index (χ0) is 22.0. The fourth-order valence-electron chi connectivity index (χ4n) is 6.55. The van der Waals surface area contributed by atoms with Crippen molar-refractivity contribution in [3.63, 3.8) is 0 Å².